The molecule has 3 rings (SSSR count). The number of imidazole rings is 1. The molecule has 1 N–H and O–H groups in total. The standard InChI is InChI=1S/C15H18IN3/c16-12-5-4-8-14(11-12)19-10-9-17-15(19)18-13-6-2-1-3-7-13/h4-5,8-11,13H,1-3,6-7H2,(H,17,18). The van der Waals surface area contributed by atoms with Gasteiger partial charge in [0.25, 0.3) is 0 Å². The Morgan fingerprint density at radius 2 is 2.05 bits per heavy atom. The fourth-order valence-electron chi connectivity index (χ4n) is 2.67. The third kappa shape index (κ3) is 3.11. The summed E-state index contributed by atoms with van der Waals surface area (Å²) in [5.41, 5.74) is 1.17. The lowest BCUT2D eigenvalue weighted by Gasteiger charge is -2.23. The second kappa shape index (κ2) is 5.94. The van der Waals surface area contributed by atoms with Crippen molar-refractivity contribution in [2.75, 3.05) is 5.32 Å². The molecule has 0 radical (unpaired) electrons. The number of halogens is 1. The van der Waals surface area contributed by atoms with E-state index in [-0.39, 0.29) is 0 Å². The second-order valence-corrected chi connectivity index (χ2v) is 6.33. The van der Waals surface area contributed by atoms with Gasteiger partial charge in [0.15, 0.2) is 0 Å². The van der Waals surface area contributed by atoms with Crippen LogP contribution in [0.1, 0.15) is 32.1 Å². The zero-order valence-electron chi connectivity index (χ0n) is 10.8. The van der Waals surface area contributed by atoms with Crippen LogP contribution < -0.4 is 5.32 Å². The van der Waals surface area contributed by atoms with Gasteiger partial charge in [-0.2, -0.15) is 0 Å². The highest BCUT2D eigenvalue weighted by atomic mass is 127. The molecule has 0 saturated heterocycles. The average molecular weight is 367 g/mol. The molecule has 1 fully saturated rings. The monoisotopic (exact) mass is 367 g/mol. The second-order valence-electron chi connectivity index (χ2n) is 5.08. The summed E-state index contributed by atoms with van der Waals surface area (Å²) in [5, 5.41) is 3.60. The van der Waals surface area contributed by atoms with Crippen LogP contribution in [0.4, 0.5) is 5.95 Å². The summed E-state index contributed by atoms with van der Waals surface area (Å²) in [6, 6.07) is 9.07. The van der Waals surface area contributed by atoms with Crippen LogP contribution in [0.5, 0.6) is 0 Å². The van der Waals surface area contributed by atoms with Gasteiger partial charge >= 0.3 is 0 Å². The molecule has 1 aromatic carbocycles. The number of hydrogen-bond donors (Lipinski definition) is 1. The molecule has 0 spiro atoms. The average Bonchev–Trinajstić information content (AvgIpc) is 2.88. The molecule has 1 aliphatic rings. The van der Waals surface area contributed by atoms with Crippen molar-refractivity contribution in [3.63, 3.8) is 0 Å². The van der Waals surface area contributed by atoms with Gasteiger partial charge < -0.3 is 5.32 Å². The molecular weight excluding hydrogens is 349 g/mol. The van der Waals surface area contributed by atoms with E-state index in [0.29, 0.717) is 6.04 Å². The third-order valence-electron chi connectivity index (χ3n) is 3.67. The molecule has 1 saturated carbocycles. The Bertz CT molecular complexity index is 544. The molecule has 0 unspecified atom stereocenters. The Hall–Kier alpha value is -1.04. The Morgan fingerprint density at radius 1 is 1.21 bits per heavy atom. The van der Waals surface area contributed by atoms with Crippen LogP contribution in [0.15, 0.2) is 36.7 Å². The topological polar surface area (TPSA) is 29.9 Å². The van der Waals surface area contributed by atoms with Crippen molar-refractivity contribution in [1.29, 1.82) is 0 Å². The van der Waals surface area contributed by atoms with Crippen molar-refractivity contribution < 1.29 is 0 Å². The van der Waals surface area contributed by atoms with E-state index >= 15 is 0 Å². The summed E-state index contributed by atoms with van der Waals surface area (Å²) in [4.78, 5) is 4.47. The number of hydrogen-bond acceptors (Lipinski definition) is 2. The molecule has 0 aliphatic heterocycles. The maximum atomic E-state index is 4.47. The molecule has 1 heterocycles. The summed E-state index contributed by atoms with van der Waals surface area (Å²) in [5.74, 6) is 0.967. The highest BCUT2D eigenvalue weighted by Gasteiger charge is 2.15. The SMILES string of the molecule is Ic1cccc(-n2ccnc2NC2CCCCC2)c1. The van der Waals surface area contributed by atoms with E-state index in [2.05, 4.69) is 61.7 Å². The van der Waals surface area contributed by atoms with E-state index in [9.17, 15) is 0 Å². The lowest BCUT2D eigenvalue weighted by Crippen LogP contribution is -2.24. The summed E-state index contributed by atoms with van der Waals surface area (Å²) in [6.07, 6.45) is 10.5. The molecule has 1 aliphatic carbocycles. The lowest BCUT2D eigenvalue weighted by atomic mass is 9.96. The molecule has 0 atom stereocenters. The van der Waals surface area contributed by atoms with Gasteiger partial charge in [0, 0.05) is 27.7 Å². The molecule has 100 valence electrons. The number of nitrogens with zero attached hydrogens (tertiary/aromatic N) is 2. The van der Waals surface area contributed by atoms with Gasteiger partial charge in [-0.1, -0.05) is 25.3 Å². The van der Waals surface area contributed by atoms with Crippen molar-refractivity contribution in [2.45, 2.75) is 38.1 Å². The van der Waals surface area contributed by atoms with Crippen molar-refractivity contribution in [3.05, 3.63) is 40.2 Å². The van der Waals surface area contributed by atoms with Crippen LogP contribution >= 0.6 is 22.6 Å². The zero-order valence-corrected chi connectivity index (χ0v) is 13.0. The molecule has 2 aromatic rings. The molecule has 1 aromatic heterocycles. The van der Waals surface area contributed by atoms with Crippen LogP contribution in [0, 0.1) is 3.57 Å². The smallest absolute Gasteiger partial charge is 0.207 e. The predicted octanol–water partition coefficient (Wildman–Crippen LogP) is 4.22. The van der Waals surface area contributed by atoms with Gasteiger partial charge in [-0.25, -0.2) is 4.98 Å². The fraction of sp³-hybridized carbons (Fsp3) is 0.400. The lowest BCUT2D eigenvalue weighted by molar-refractivity contribution is 0.460. The van der Waals surface area contributed by atoms with Gasteiger partial charge in [0.1, 0.15) is 0 Å². The molecular formula is C15H18IN3. The van der Waals surface area contributed by atoms with Crippen LogP contribution in [0.3, 0.4) is 0 Å². The normalized spacial score (nSPS) is 16.5. The van der Waals surface area contributed by atoms with Crippen molar-refractivity contribution in [3.8, 4) is 5.69 Å². The number of rotatable bonds is 3. The van der Waals surface area contributed by atoms with E-state index in [1.54, 1.807) is 0 Å². The first-order chi connectivity index (χ1) is 9.33. The first-order valence-electron chi connectivity index (χ1n) is 6.89. The molecule has 4 heteroatoms. The van der Waals surface area contributed by atoms with Gasteiger partial charge in [0.05, 0.1) is 0 Å². The molecule has 19 heavy (non-hydrogen) atoms. The first kappa shape index (κ1) is 13.0. The van der Waals surface area contributed by atoms with Gasteiger partial charge in [-0.05, 0) is 53.6 Å². The molecule has 0 amide bonds. The number of aromatic nitrogens is 2. The van der Waals surface area contributed by atoms with Gasteiger partial charge in [-0.3, -0.25) is 4.57 Å². The Morgan fingerprint density at radius 3 is 2.84 bits per heavy atom. The van der Waals surface area contributed by atoms with E-state index in [0.717, 1.165) is 5.95 Å². The maximum Gasteiger partial charge on any atom is 0.207 e. The number of anilines is 1. The van der Waals surface area contributed by atoms with Gasteiger partial charge in [0.2, 0.25) is 5.95 Å². The van der Waals surface area contributed by atoms with Crippen LogP contribution in [0.2, 0.25) is 0 Å². The van der Waals surface area contributed by atoms with Crippen LogP contribution in [0.25, 0.3) is 5.69 Å². The molecule has 3 nitrogen and oxygen atoms in total. The van der Waals surface area contributed by atoms with Gasteiger partial charge in [-0.15, -0.1) is 0 Å². The Balaban J connectivity index is 1.81. The quantitative estimate of drug-likeness (QED) is 0.824. The number of benzene rings is 1. The zero-order chi connectivity index (χ0) is 13.1. The van der Waals surface area contributed by atoms with E-state index in [1.807, 2.05) is 12.4 Å². The summed E-state index contributed by atoms with van der Waals surface area (Å²) < 4.78 is 3.38. The third-order valence-corrected chi connectivity index (χ3v) is 4.34. The van der Waals surface area contributed by atoms with Crippen molar-refractivity contribution >= 4 is 28.5 Å². The summed E-state index contributed by atoms with van der Waals surface area (Å²) in [7, 11) is 0. The minimum absolute atomic E-state index is 0.581. The summed E-state index contributed by atoms with van der Waals surface area (Å²) >= 11 is 2.34. The summed E-state index contributed by atoms with van der Waals surface area (Å²) in [6.45, 7) is 0. The Labute approximate surface area is 127 Å². The highest BCUT2D eigenvalue weighted by molar-refractivity contribution is 14.1. The minimum Gasteiger partial charge on any atom is -0.353 e. The van der Waals surface area contributed by atoms with Crippen molar-refractivity contribution in [1.82, 2.24) is 9.55 Å². The highest BCUT2D eigenvalue weighted by Crippen LogP contribution is 2.23. The largest absolute Gasteiger partial charge is 0.353 e. The minimum atomic E-state index is 0.581. The van der Waals surface area contributed by atoms with Crippen LogP contribution in [-0.2, 0) is 0 Å². The van der Waals surface area contributed by atoms with E-state index < -0.39 is 0 Å². The van der Waals surface area contributed by atoms with Crippen molar-refractivity contribution in [2.24, 2.45) is 0 Å². The maximum absolute atomic E-state index is 4.47. The van der Waals surface area contributed by atoms with E-state index in [4.69, 9.17) is 0 Å². The predicted molar refractivity (Wildman–Crippen MR) is 86.8 cm³/mol. The molecule has 0 bridgehead atoms. The fourth-order valence-corrected chi connectivity index (χ4v) is 3.20. The number of nitrogens with one attached hydrogen (secondary N) is 1. The Kier molecular flexibility index (Phi) is 4.06. The van der Waals surface area contributed by atoms with E-state index in [1.165, 1.54) is 41.4 Å². The van der Waals surface area contributed by atoms with Crippen LogP contribution in [-0.4, -0.2) is 15.6 Å². The first-order valence-corrected chi connectivity index (χ1v) is 7.96.